The fourth-order valence-electron chi connectivity index (χ4n) is 2.56. The van der Waals surface area contributed by atoms with E-state index in [1.807, 2.05) is 27.8 Å². The Bertz CT molecular complexity index is 189. The number of likely N-dealkylation sites (N-methyl/N-ethyl adjacent to an activating group) is 1. The summed E-state index contributed by atoms with van der Waals surface area (Å²) in [6.07, 6.45) is 0. The number of nitrogens with zero attached hydrogens (tertiary/aromatic N) is 1. The summed E-state index contributed by atoms with van der Waals surface area (Å²) < 4.78 is 0. The van der Waals surface area contributed by atoms with Gasteiger partial charge in [-0.15, -0.1) is 0 Å². The highest BCUT2D eigenvalue weighted by molar-refractivity contribution is 4.89. The lowest BCUT2D eigenvalue weighted by atomic mass is 9.81. The molecule has 0 saturated heterocycles. The highest BCUT2D eigenvalue weighted by Gasteiger charge is 2.33. The third-order valence-electron chi connectivity index (χ3n) is 2.50. The fourth-order valence-corrected chi connectivity index (χ4v) is 2.56. The third kappa shape index (κ3) is 5.50. The van der Waals surface area contributed by atoms with Gasteiger partial charge in [0.15, 0.2) is 0 Å². The molecule has 3 heteroatoms. The van der Waals surface area contributed by atoms with Crippen LogP contribution in [0.15, 0.2) is 0 Å². The zero-order valence-electron chi connectivity index (χ0n) is 11.3. The molecule has 2 unspecified atom stereocenters. The van der Waals surface area contributed by atoms with E-state index < -0.39 is 5.60 Å². The molecular formula is C12H28N2O. The lowest BCUT2D eigenvalue weighted by molar-refractivity contribution is 0.00538. The second kappa shape index (κ2) is 4.81. The van der Waals surface area contributed by atoms with Crippen LogP contribution in [0.2, 0.25) is 0 Å². The molecule has 0 aromatic heterocycles. The van der Waals surface area contributed by atoms with Gasteiger partial charge >= 0.3 is 0 Å². The van der Waals surface area contributed by atoms with Crippen molar-refractivity contribution in [3.63, 3.8) is 0 Å². The molecule has 3 nitrogen and oxygen atoms in total. The van der Waals surface area contributed by atoms with Crippen molar-refractivity contribution < 1.29 is 5.11 Å². The van der Waals surface area contributed by atoms with Gasteiger partial charge < -0.3 is 10.8 Å². The van der Waals surface area contributed by atoms with Crippen molar-refractivity contribution in [1.29, 1.82) is 0 Å². The predicted molar refractivity (Wildman–Crippen MR) is 65.8 cm³/mol. The molecule has 0 rings (SSSR count). The largest absolute Gasteiger partial charge is 0.389 e. The maximum absolute atomic E-state index is 9.80. The van der Waals surface area contributed by atoms with E-state index in [9.17, 15) is 5.11 Å². The molecular weight excluding hydrogens is 188 g/mol. The fraction of sp³-hybridized carbons (Fsp3) is 1.00. The topological polar surface area (TPSA) is 49.5 Å². The van der Waals surface area contributed by atoms with Crippen molar-refractivity contribution in [1.82, 2.24) is 4.90 Å². The highest BCUT2D eigenvalue weighted by Crippen LogP contribution is 2.26. The minimum atomic E-state index is -0.673. The molecule has 0 amide bonds. The summed E-state index contributed by atoms with van der Waals surface area (Å²) in [5.74, 6) is 0. The molecule has 0 aromatic carbocycles. The number of nitrogens with two attached hydrogens (primary N) is 1. The van der Waals surface area contributed by atoms with E-state index in [0.717, 1.165) is 0 Å². The quantitative estimate of drug-likeness (QED) is 0.748. The second-order valence-electron chi connectivity index (χ2n) is 6.40. The van der Waals surface area contributed by atoms with E-state index in [2.05, 4.69) is 25.7 Å². The van der Waals surface area contributed by atoms with Crippen LogP contribution in [-0.4, -0.2) is 41.3 Å². The van der Waals surface area contributed by atoms with Crippen LogP contribution in [0.3, 0.4) is 0 Å². The molecule has 0 saturated carbocycles. The van der Waals surface area contributed by atoms with Crippen molar-refractivity contribution in [3.05, 3.63) is 0 Å². The van der Waals surface area contributed by atoms with Crippen molar-refractivity contribution >= 4 is 0 Å². The van der Waals surface area contributed by atoms with Gasteiger partial charge in [-0.2, -0.15) is 0 Å². The van der Waals surface area contributed by atoms with Crippen LogP contribution < -0.4 is 5.73 Å². The number of aliphatic hydroxyl groups is 1. The minimum absolute atomic E-state index is 0.0948. The zero-order valence-corrected chi connectivity index (χ0v) is 11.3. The van der Waals surface area contributed by atoms with Crippen LogP contribution in [0, 0.1) is 5.41 Å². The normalized spacial score (nSPS) is 18.0. The molecule has 15 heavy (non-hydrogen) atoms. The Balaban J connectivity index is 4.66. The molecule has 0 bridgehead atoms. The highest BCUT2D eigenvalue weighted by atomic mass is 16.3. The van der Waals surface area contributed by atoms with Crippen LogP contribution in [-0.2, 0) is 0 Å². The Hall–Kier alpha value is -0.120. The first-order valence-electron chi connectivity index (χ1n) is 5.63. The number of hydrogen-bond donors (Lipinski definition) is 2. The molecule has 0 aliphatic rings. The molecule has 0 heterocycles. The summed E-state index contributed by atoms with van der Waals surface area (Å²) in [7, 11) is 2.03. The van der Waals surface area contributed by atoms with Gasteiger partial charge in [0.2, 0.25) is 0 Å². The van der Waals surface area contributed by atoms with E-state index >= 15 is 0 Å². The van der Waals surface area contributed by atoms with Crippen LogP contribution in [0.4, 0.5) is 0 Å². The number of hydrogen-bond acceptors (Lipinski definition) is 3. The van der Waals surface area contributed by atoms with Crippen LogP contribution >= 0.6 is 0 Å². The maximum Gasteiger partial charge on any atom is 0.0718 e. The van der Waals surface area contributed by atoms with Gasteiger partial charge in [-0.25, -0.2) is 0 Å². The first kappa shape index (κ1) is 14.9. The van der Waals surface area contributed by atoms with Gasteiger partial charge in [-0.1, -0.05) is 20.8 Å². The lowest BCUT2D eigenvalue weighted by Crippen LogP contribution is -2.55. The van der Waals surface area contributed by atoms with Crippen LogP contribution in [0.5, 0.6) is 0 Å². The average Bonchev–Trinajstić information content (AvgIpc) is 1.74. The third-order valence-corrected chi connectivity index (χ3v) is 2.50. The van der Waals surface area contributed by atoms with E-state index in [-0.39, 0.29) is 17.5 Å². The average molecular weight is 216 g/mol. The first-order chi connectivity index (χ1) is 6.45. The van der Waals surface area contributed by atoms with Gasteiger partial charge in [0, 0.05) is 18.6 Å². The van der Waals surface area contributed by atoms with Gasteiger partial charge in [-0.3, -0.25) is 4.90 Å². The summed E-state index contributed by atoms with van der Waals surface area (Å²) in [4.78, 5) is 2.16. The summed E-state index contributed by atoms with van der Waals surface area (Å²) in [6.45, 7) is 12.9. The Morgan fingerprint density at radius 1 is 1.20 bits per heavy atom. The standard InChI is InChI=1S/C12H28N2O/c1-9(13)10(11(2,3)4)14(7)8-12(5,6)15/h9-10,15H,8,13H2,1-7H3. The van der Waals surface area contributed by atoms with E-state index in [4.69, 9.17) is 5.73 Å². The van der Waals surface area contributed by atoms with Gasteiger partial charge in [0.1, 0.15) is 0 Å². The predicted octanol–water partition coefficient (Wildman–Crippen LogP) is 1.45. The van der Waals surface area contributed by atoms with E-state index in [1.165, 1.54) is 0 Å². The van der Waals surface area contributed by atoms with Crippen LogP contribution in [0.25, 0.3) is 0 Å². The van der Waals surface area contributed by atoms with Crippen molar-refractivity contribution in [2.75, 3.05) is 13.6 Å². The molecule has 0 fully saturated rings. The Labute approximate surface area is 94.6 Å². The Morgan fingerprint density at radius 3 is 1.80 bits per heavy atom. The summed E-state index contributed by atoms with van der Waals surface area (Å²) in [6, 6.07) is 0.362. The molecule has 0 aromatic rings. The lowest BCUT2D eigenvalue weighted by Gasteiger charge is -2.42. The molecule has 3 N–H and O–H groups in total. The van der Waals surface area contributed by atoms with Gasteiger partial charge in [-0.05, 0) is 33.2 Å². The smallest absolute Gasteiger partial charge is 0.0718 e. The molecule has 92 valence electrons. The van der Waals surface area contributed by atoms with Crippen molar-refractivity contribution in [2.24, 2.45) is 11.1 Å². The molecule has 0 aliphatic carbocycles. The minimum Gasteiger partial charge on any atom is -0.389 e. The monoisotopic (exact) mass is 216 g/mol. The summed E-state index contributed by atoms with van der Waals surface area (Å²) in [5, 5.41) is 9.80. The first-order valence-corrected chi connectivity index (χ1v) is 5.63. The SMILES string of the molecule is CC(N)C(N(C)CC(C)(C)O)C(C)(C)C. The maximum atomic E-state index is 9.80. The second-order valence-corrected chi connectivity index (χ2v) is 6.40. The summed E-state index contributed by atoms with van der Waals surface area (Å²) >= 11 is 0. The summed E-state index contributed by atoms with van der Waals surface area (Å²) in [5.41, 5.74) is 5.47. The molecule has 0 aliphatic heterocycles. The molecule has 0 spiro atoms. The number of rotatable bonds is 4. The van der Waals surface area contributed by atoms with Gasteiger partial charge in [0.25, 0.3) is 0 Å². The van der Waals surface area contributed by atoms with Gasteiger partial charge in [0.05, 0.1) is 5.60 Å². The van der Waals surface area contributed by atoms with Crippen molar-refractivity contribution in [3.8, 4) is 0 Å². The molecule has 2 atom stereocenters. The van der Waals surface area contributed by atoms with Crippen molar-refractivity contribution in [2.45, 2.75) is 59.2 Å². The molecule has 0 radical (unpaired) electrons. The van der Waals surface area contributed by atoms with E-state index in [1.54, 1.807) is 0 Å². The zero-order chi connectivity index (χ0) is 12.4. The van der Waals surface area contributed by atoms with Crippen LogP contribution in [0.1, 0.15) is 41.5 Å². The Kier molecular flexibility index (Phi) is 4.77. The van der Waals surface area contributed by atoms with E-state index in [0.29, 0.717) is 6.54 Å². The Morgan fingerprint density at radius 2 is 1.60 bits per heavy atom.